The predicted molar refractivity (Wildman–Crippen MR) is 92.8 cm³/mol. The highest BCUT2D eigenvalue weighted by atomic mass is 79.9. The van der Waals surface area contributed by atoms with E-state index in [4.69, 9.17) is 16.3 Å². The Morgan fingerprint density at radius 1 is 1.10 bits per heavy atom. The van der Waals surface area contributed by atoms with Gasteiger partial charge in [-0.1, -0.05) is 65.6 Å². The molecule has 1 atom stereocenters. The summed E-state index contributed by atoms with van der Waals surface area (Å²) in [6, 6.07) is 16.3. The van der Waals surface area contributed by atoms with Crippen molar-refractivity contribution in [3.63, 3.8) is 0 Å². The molecule has 0 N–H and O–H groups in total. The smallest absolute Gasteiger partial charge is 0.0717 e. The first kappa shape index (κ1) is 16.5. The minimum Gasteiger partial charge on any atom is -0.376 e. The highest BCUT2D eigenvalue weighted by molar-refractivity contribution is 9.10. The molecule has 0 fully saturated rings. The minimum atomic E-state index is 0.384. The van der Waals surface area contributed by atoms with Gasteiger partial charge in [-0.15, -0.1) is 0 Å². The maximum atomic E-state index is 5.96. The number of halogens is 2. The van der Waals surface area contributed by atoms with Gasteiger partial charge in [-0.3, -0.25) is 0 Å². The molecule has 0 aliphatic carbocycles. The molecule has 1 unspecified atom stereocenters. The van der Waals surface area contributed by atoms with Crippen molar-refractivity contribution in [3.8, 4) is 0 Å². The van der Waals surface area contributed by atoms with Crippen LogP contribution in [-0.4, -0.2) is 6.61 Å². The molecular formula is C18H20BrClO. The number of benzene rings is 2. The van der Waals surface area contributed by atoms with E-state index in [1.54, 1.807) is 0 Å². The van der Waals surface area contributed by atoms with Gasteiger partial charge in [-0.05, 0) is 41.3 Å². The van der Waals surface area contributed by atoms with Gasteiger partial charge >= 0.3 is 0 Å². The average molecular weight is 368 g/mol. The third-order valence-electron chi connectivity index (χ3n) is 3.56. The van der Waals surface area contributed by atoms with E-state index in [1.165, 1.54) is 11.1 Å². The van der Waals surface area contributed by atoms with E-state index in [9.17, 15) is 0 Å². The van der Waals surface area contributed by atoms with Crippen LogP contribution < -0.4 is 0 Å². The van der Waals surface area contributed by atoms with Gasteiger partial charge in [-0.2, -0.15) is 0 Å². The molecule has 21 heavy (non-hydrogen) atoms. The standard InChI is InChI=1S/C18H20BrClO/c1-13(2)18(15-6-8-17(20)9-7-15)12-21-11-14-4-3-5-16(19)10-14/h3-10,13,18H,11-12H2,1-2H3. The normalized spacial score (nSPS) is 12.6. The molecule has 112 valence electrons. The van der Waals surface area contributed by atoms with E-state index < -0.39 is 0 Å². The van der Waals surface area contributed by atoms with E-state index >= 15 is 0 Å². The zero-order valence-electron chi connectivity index (χ0n) is 12.4. The second kappa shape index (κ2) is 7.98. The Labute approximate surface area is 140 Å². The van der Waals surface area contributed by atoms with Crippen LogP contribution in [0.5, 0.6) is 0 Å². The molecular weight excluding hydrogens is 348 g/mol. The molecule has 0 saturated carbocycles. The van der Waals surface area contributed by atoms with E-state index in [0.29, 0.717) is 25.0 Å². The Hall–Kier alpha value is -0.830. The fourth-order valence-corrected chi connectivity index (χ4v) is 2.89. The molecule has 2 aromatic rings. The van der Waals surface area contributed by atoms with Gasteiger partial charge in [0.25, 0.3) is 0 Å². The summed E-state index contributed by atoms with van der Waals surface area (Å²) in [5.74, 6) is 0.906. The van der Waals surface area contributed by atoms with Crippen LogP contribution in [0, 0.1) is 5.92 Å². The third kappa shape index (κ3) is 5.14. The predicted octanol–water partition coefficient (Wildman–Crippen LogP) is 6.06. The molecule has 2 aromatic carbocycles. The number of hydrogen-bond donors (Lipinski definition) is 0. The van der Waals surface area contributed by atoms with Crippen molar-refractivity contribution in [2.24, 2.45) is 5.92 Å². The largest absolute Gasteiger partial charge is 0.376 e. The number of hydrogen-bond acceptors (Lipinski definition) is 1. The zero-order chi connectivity index (χ0) is 15.2. The number of rotatable bonds is 6. The van der Waals surface area contributed by atoms with E-state index in [-0.39, 0.29) is 0 Å². The molecule has 0 aliphatic heterocycles. The van der Waals surface area contributed by atoms with Crippen LogP contribution in [0.1, 0.15) is 30.9 Å². The molecule has 0 amide bonds. The summed E-state index contributed by atoms with van der Waals surface area (Å²) in [6.07, 6.45) is 0. The van der Waals surface area contributed by atoms with E-state index in [2.05, 4.69) is 54.0 Å². The van der Waals surface area contributed by atoms with E-state index in [0.717, 1.165) is 9.50 Å². The maximum absolute atomic E-state index is 5.96. The van der Waals surface area contributed by atoms with Gasteiger partial charge in [0.2, 0.25) is 0 Å². The molecule has 0 radical (unpaired) electrons. The van der Waals surface area contributed by atoms with Gasteiger partial charge in [-0.25, -0.2) is 0 Å². The Morgan fingerprint density at radius 2 is 1.81 bits per heavy atom. The Morgan fingerprint density at radius 3 is 2.43 bits per heavy atom. The first-order valence-corrected chi connectivity index (χ1v) is 8.31. The molecule has 0 aliphatic rings. The first-order valence-electron chi connectivity index (χ1n) is 7.14. The van der Waals surface area contributed by atoms with Crippen molar-refractivity contribution in [1.29, 1.82) is 0 Å². The number of ether oxygens (including phenoxy) is 1. The summed E-state index contributed by atoms with van der Waals surface area (Å²) in [5, 5.41) is 0.774. The lowest BCUT2D eigenvalue weighted by atomic mass is 9.89. The molecule has 0 aromatic heterocycles. The van der Waals surface area contributed by atoms with Gasteiger partial charge in [0.1, 0.15) is 0 Å². The topological polar surface area (TPSA) is 9.23 Å². The molecule has 0 bridgehead atoms. The maximum Gasteiger partial charge on any atom is 0.0717 e. The molecule has 0 heterocycles. The molecule has 0 spiro atoms. The van der Waals surface area contributed by atoms with Gasteiger partial charge < -0.3 is 4.74 Å². The van der Waals surface area contributed by atoms with Crippen LogP contribution in [0.15, 0.2) is 53.0 Å². The Balaban J connectivity index is 1.96. The Kier molecular flexibility index (Phi) is 6.28. The molecule has 0 saturated heterocycles. The van der Waals surface area contributed by atoms with Crippen LogP contribution >= 0.6 is 27.5 Å². The fourth-order valence-electron chi connectivity index (χ4n) is 2.31. The van der Waals surface area contributed by atoms with Crippen LogP contribution in [0.2, 0.25) is 5.02 Å². The third-order valence-corrected chi connectivity index (χ3v) is 4.30. The summed E-state index contributed by atoms with van der Waals surface area (Å²) in [7, 11) is 0. The quantitative estimate of drug-likeness (QED) is 0.603. The second-order valence-electron chi connectivity index (χ2n) is 5.55. The van der Waals surface area contributed by atoms with Crippen LogP contribution in [0.25, 0.3) is 0 Å². The van der Waals surface area contributed by atoms with Gasteiger partial charge in [0.15, 0.2) is 0 Å². The lowest BCUT2D eigenvalue weighted by Crippen LogP contribution is -2.14. The second-order valence-corrected chi connectivity index (χ2v) is 6.90. The molecule has 3 heteroatoms. The van der Waals surface area contributed by atoms with Gasteiger partial charge in [0.05, 0.1) is 13.2 Å². The SMILES string of the molecule is CC(C)C(COCc1cccc(Br)c1)c1ccc(Cl)cc1. The van der Waals surface area contributed by atoms with Crippen LogP contribution in [0.3, 0.4) is 0 Å². The lowest BCUT2D eigenvalue weighted by molar-refractivity contribution is 0.0958. The zero-order valence-corrected chi connectivity index (χ0v) is 14.7. The van der Waals surface area contributed by atoms with E-state index in [1.807, 2.05) is 24.3 Å². The Bertz CT molecular complexity index is 566. The lowest BCUT2D eigenvalue weighted by Gasteiger charge is -2.21. The van der Waals surface area contributed by atoms with Crippen LogP contribution in [-0.2, 0) is 11.3 Å². The minimum absolute atomic E-state index is 0.384. The van der Waals surface area contributed by atoms with Crippen molar-refractivity contribution in [2.45, 2.75) is 26.4 Å². The molecule has 2 rings (SSSR count). The van der Waals surface area contributed by atoms with Gasteiger partial charge in [0, 0.05) is 15.4 Å². The summed E-state index contributed by atoms with van der Waals surface area (Å²) < 4.78 is 7.01. The summed E-state index contributed by atoms with van der Waals surface area (Å²) in [4.78, 5) is 0. The molecule has 1 nitrogen and oxygen atoms in total. The highest BCUT2D eigenvalue weighted by Gasteiger charge is 2.16. The fraction of sp³-hybridized carbons (Fsp3) is 0.333. The van der Waals surface area contributed by atoms with Crippen LogP contribution in [0.4, 0.5) is 0 Å². The monoisotopic (exact) mass is 366 g/mol. The highest BCUT2D eigenvalue weighted by Crippen LogP contribution is 2.26. The summed E-state index contributed by atoms with van der Waals surface area (Å²) >= 11 is 9.44. The average Bonchev–Trinajstić information content (AvgIpc) is 2.45. The van der Waals surface area contributed by atoms with Crippen molar-refractivity contribution in [3.05, 3.63) is 69.2 Å². The van der Waals surface area contributed by atoms with Crippen molar-refractivity contribution in [2.75, 3.05) is 6.61 Å². The summed E-state index contributed by atoms with van der Waals surface area (Å²) in [6.45, 7) is 5.80. The van der Waals surface area contributed by atoms with Crippen molar-refractivity contribution in [1.82, 2.24) is 0 Å². The van der Waals surface area contributed by atoms with Crippen molar-refractivity contribution < 1.29 is 4.74 Å². The van der Waals surface area contributed by atoms with Crippen molar-refractivity contribution >= 4 is 27.5 Å². The first-order chi connectivity index (χ1) is 10.1. The summed E-state index contributed by atoms with van der Waals surface area (Å²) in [5.41, 5.74) is 2.46.